The number of halogens is 1. The van der Waals surface area contributed by atoms with Gasteiger partial charge in [-0.25, -0.2) is 0 Å². The third-order valence-corrected chi connectivity index (χ3v) is 3.03. The first-order valence-electron chi connectivity index (χ1n) is 6.79. The zero-order chi connectivity index (χ0) is 14.3. The Morgan fingerprint density at radius 2 is 1.70 bits per heavy atom. The molecule has 1 aromatic rings. The van der Waals surface area contributed by atoms with Crippen LogP contribution in [-0.2, 0) is 6.42 Å². The number of rotatable bonds is 8. The number of hydrogen-bond acceptors (Lipinski definition) is 4. The predicted molar refractivity (Wildman–Crippen MR) is 84.6 cm³/mol. The smallest absolute Gasteiger partial charge is 0.164 e. The highest BCUT2D eigenvalue weighted by Gasteiger charge is 2.14. The first kappa shape index (κ1) is 18.9. The van der Waals surface area contributed by atoms with E-state index in [1.165, 1.54) is 0 Å². The van der Waals surface area contributed by atoms with Gasteiger partial charge in [-0.2, -0.15) is 0 Å². The van der Waals surface area contributed by atoms with Gasteiger partial charge in [-0.3, -0.25) is 0 Å². The normalized spacial score (nSPS) is 11.4. The molecule has 2 N–H and O–H groups in total. The molecule has 116 valence electrons. The summed E-state index contributed by atoms with van der Waals surface area (Å²) in [6.45, 7) is 4.80. The van der Waals surface area contributed by atoms with E-state index in [2.05, 4.69) is 13.8 Å². The molecule has 1 rings (SSSR count). The van der Waals surface area contributed by atoms with Crippen LogP contribution in [0.1, 0.15) is 32.3 Å². The van der Waals surface area contributed by atoms with Crippen molar-refractivity contribution in [3.05, 3.63) is 17.7 Å². The molecular weight excluding hydrogens is 278 g/mol. The fourth-order valence-electron chi connectivity index (χ4n) is 1.84. The molecule has 0 saturated carbocycles. The van der Waals surface area contributed by atoms with Crippen LogP contribution in [0.3, 0.4) is 0 Å². The fourth-order valence-corrected chi connectivity index (χ4v) is 1.84. The quantitative estimate of drug-likeness (QED) is 0.801. The average molecular weight is 304 g/mol. The van der Waals surface area contributed by atoms with E-state index in [4.69, 9.17) is 19.9 Å². The van der Waals surface area contributed by atoms with Gasteiger partial charge in [-0.15, -0.1) is 12.4 Å². The van der Waals surface area contributed by atoms with Gasteiger partial charge in [0.05, 0.1) is 20.8 Å². The molecule has 4 nitrogen and oxygen atoms in total. The van der Waals surface area contributed by atoms with Crippen molar-refractivity contribution in [2.24, 2.45) is 5.73 Å². The number of ether oxygens (including phenoxy) is 3. The van der Waals surface area contributed by atoms with Gasteiger partial charge >= 0.3 is 0 Å². The van der Waals surface area contributed by atoms with E-state index >= 15 is 0 Å². The zero-order valence-electron chi connectivity index (χ0n) is 12.8. The molecule has 0 amide bonds. The summed E-state index contributed by atoms with van der Waals surface area (Å²) in [5, 5.41) is 0. The maximum atomic E-state index is 6.01. The molecule has 1 atom stereocenters. The maximum absolute atomic E-state index is 6.01. The summed E-state index contributed by atoms with van der Waals surface area (Å²) in [5.41, 5.74) is 7.06. The Kier molecular flexibility index (Phi) is 9.17. The second-order valence-corrected chi connectivity index (χ2v) is 4.54. The molecule has 0 fully saturated rings. The predicted octanol–water partition coefficient (Wildman–Crippen LogP) is 3.19. The van der Waals surface area contributed by atoms with E-state index in [1.54, 1.807) is 14.2 Å². The Hall–Kier alpha value is -1.13. The van der Waals surface area contributed by atoms with Gasteiger partial charge in [0.25, 0.3) is 0 Å². The van der Waals surface area contributed by atoms with Crippen molar-refractivity contribution in [1.82, 2.24) is 0 Å². The van der Waals surface area contributed by atoms with E-state index in [0.29, 0.717) is 6.61 Å². The van der Waals surface area contributed by atoms with Crippen molar-refractivity contribution >= 4 is 12.4 Å². The second-order valence-electron chi connectivity index (χ2n) is 4.54. The SMILES string of the molecule is CCCOc1cc(OC)c(C[C@H](N)CC)cc1OC.Cl. The molecule has 20 heavy (non-hydrogen) atoms. The lowest BCUT2D eigenvalue weighted by Crippen LogP contribution is -2.21. The van der Waals surface area contributed by atoms with Crippen LogP contribution >= 0.6 is 12.4 Å². The molecule has 0 spiro atoms. The topological polar surface area (TPSA) is 53.7 Å². The molecule has 5 heteroatoms. The van der Waals surface area contributed by atoms with Crippen LogP contribution in [-0.4, -0.2) is 26.9 Å². The summed E-state index contributed by atoms with van der Waals surface area (Å²) in [5.74, 6) is 2.25. The van der Waals surface area contributed by atoms with Gasteiger partial charge in [0.2, 0.25) is 0 Å². The molecule has 0 aliphatic heterocycles. The largest absolute Gasteiger partial charge is 0.496 e. The number of nitrogens with two attached hydrogens (primary N) is 1. The van der Waals surface area contributed by atoms with Crippen LogP contribution in [0.4, 0.5) is 0 Å². The van der Waals surface area contributed by atoms with Crippen LogP contribution in [0.2, 0.25) is 0 Å². The molecule has 0 aliphatic carbocycles. The van der Waals surface area contributed by atoms with Gasteiger partial charge in [0.15, 0.2) is 11.5 Å². The summed E-state index contributed by atoms with van der Waals surface area (Å²) in [6, 6.07) is 3.96. The molecule has 0 bridgehead atoms. The Balaban J connectivity index is 0.00000361. The first-order chi connectivity index (χ1) is 9.15. The van der Waals surface area contributed by atoms with Crippen LogP contribution in [0.25, 0.3) is 0 Å². The monoisotopic (exact) mass is 303 g/mol. The van der Waals surface area contributed by atoms with E-state index in [-0.39, 0.29) is 18.4 Å². The Morgan fingerprint density at radius 1 is 1.05 bits per heavy atom. The lowest BCUT2D eigenvalue weighted by Gasteiger charge is -2.17. The van der Waals surface area contributed by atoms with Gasteiger partial charge < -0.3 is 19.9 Å². The van der Waals surface area contributed by atoms with Crippen molar-refractivity contribution in [3.63, 3.8) is 0 Å². The molecule has 0 saturated heterocycles. The van der Waals surface area contributed by atoms with Crippen LogP contribution in [0.15, 0.2) is 12.1 Å². The van der Waals surface area contributed by atoms with Crippen molar-refractivity contribution in [3.8, 4) is 17.2 Å². The molecule has 0 aromatic heterocycles. The summed E-state index contributed by atoms with van der Waals surface area (Å²) >= 11 is 0. The highest BCUT2D eigenvalue weighted by Crippen LogP contribution is 2.35. The van der Waals surface area contributed by atoms with Gasteiger partial charge in [-0.05, 0) is 30.9 Å². The Labute approximate surface area is 128 Å². The first-order valence-corrected chi connectivity index (χ1v) is 6.79. The minimum absolute atomic E-state index is 0. The van der Waals surface area contributed by atoms with Gasteiger partial charge in [-0.1, -0.05) is 13.8 Å². The lowest BCUT2D eigenvalue weighted by atomic mass is 10.0. The number of methoxy groups -OCH3 is 2. The van der Waals surface area contributed by atoms with Crippen LogP contribution < -0.4 is 19.9 Å². The third-order valence-electron chi connectivity index (χ3n) is 3.03. The maximum Gasteiger partial charge on any atom is 0.164 e. The Bertz CT molecular complexity index is 399. The molecule has 0 unspecified atom stereocenters. The van der Waals surface area contributed by atoms with Crippen molar-refractivity contribution in [1.29, 1.82) is 0 Å². The second kappa shape index (κ2) is 9.72. The summed E-state index contributed by atoms with van der Waals surface area (Å²) in [4.78, 5) is 0. The zero-order valence-corrected chi connectivity index (χ0v) is 13.6. The molecule has 1 aromatic carbocycles. The summed E-state index contributed by atoms with van der Waals surface area (Å²) < 4.78 is 16.5. The van der Waals surface area contributed by atoms with Crippen LogP contribution in [0, 0.1) is 0 Å². The number of benzene rings is 1. The van der Waals surface area contributed by atoms with E-state index < -0.39 is 0 Å². The minimum Gasteiger partial charge on any atom is -0.496 e. The molecule has 0 heterocycles. The van der Waals surface area contributed by atoms with E-state index in [9.17, 15) is 0 Å². The minimum atomic E-state index is 0. The van der Waals surface area contributed by atoms with E-state index in [1.807, 2.05) is 12.1 Å². The summed E-state index contributed by atoms with van der Waals surface area (Å²) in [7, 11) is 3.30. The number of hydrogen-bond donors (Lipinski definition) is 1. The third kappa shape index (κ3) is 5.10. The summed E-state index contributed by atoms with van der Waals surface area (Å²) in [6.07, 6.45) is 2.65. The van der Waals surface area contributed by atoms with Crippen molar-refractivity contribution in [2.45, 2.75) is 39.2 Å². The standard InChI is InChI=1S/C15H25NO3.ClH/c1-5-7-19-15-10-13(17-3)11(8-12(16)6-2)9-14(15)18-4;/h9-10,12H,5-8,16H2,1-4H3;1H/t12-;/m1./s1. The molecule has 0 aliphatic rings. The van der Waals surface area contributed by atoms with Gasteiger partial charge in [0, 0.05) is 12.1 Å². The molecule has 0 radical (unpaired) electrons. The van der Waals surface area contributed by atoms with Gasteiger partial charge in [0.1, 0.15) is 5.75 Å². The highest BCUT2D eigenvalue weighted by molar-refractivity contribution is 5.85. The fraction of sp³-hybridized carbons (Fsp3) is 0.600. The van der Waals surface area contributed by atoms with Crippen molar-refractivity contribution in [2.75, 3.05) is 20.8 Å². The van der Waals surface area contributed by atoms with E-state index in [0.717, 1.165) is 42.1 Å². The lowest BCUT2D eigenvalue weighted by molar-refractivity contribution is 0.291. The van der Waals surface area contributed by atoms with Crippen LogP contribution in [0.5, 0.6) is 17.2 Å². The molecular formula is C15H26ClNO3. The average Bonchev–Trinajstić information content (AvgIpc) is 2.44. The highest BCUT2D eigenvalue weighted by atomic mass is 35.5. The Morgan fingerprint density at radius 3 is 2.20 bits per heavy atom. The van der Waals surface area contributed by atoms with Crippen molar-refractivity contribution < 1.29 is 14.2 Å².